The Kier molecular flexibility index (Phi) is 5.24. The lowest BCUT2D eigenvalue weighted by Crippen LogP contribution is -2.43. The summed E-state index contributed by atoms with van der Waals surface area (Å²) >= 11 is 0. The van der Waals surface area contributed by atoms with E-state index in [0.29, 0.717) is 18.4 Å². The lowest BCUT2D eigenvalue weighted by atomic mass is 9.64. The van der Waals surface area contributed by atoms with E-state index in [0.717, 1.165) is 43.6 Å². The number of rotatable bonds is 4. The summed E-state index contributed by atoms with van der Waals surface area (Å²) in [6.45, 7) is 7.12. The molecule has 2 aliphatic rings. The summed E-state index contributed by atoms with van der Waals surface area (Å²) in [7, 11) is 0. The molecule has 5 nitrogen and oxygen atoms in total. The first-order valence-corrected chi connectivity index (χ1v) is 11.3. The van der Waals surface area contributed by atoms with Gasteiger partial charge in [-0.25, -0.2) is 15.8 Å². The summed E-state index contributed by atoms with van der Waals surface area (Å²) in [5.74, 6) is 7.51. The lowest BCUT2D eigenvalue weighted by molar-refractivity contribution is 0.302. The smallest absolute Gasteiger partial charge is 0.240 e. The molecule has 1 saturated heterocycles. The van der Waals surface area contributed by atoms with Gasteiger partial charge < -0.3 is 5.32 Å². The zero-order valence-electron chi connectivity index (χ0n) is 18.4. The summed E-state index contributed by atoms with van der Waals surface area (Å²) in [6, 6.07) is 17.4. The molecule has 0 amide bonds. The summed E-state index contributed by atoms with van der Waals surface area (Å²) in [5, 5.41) is 5.17. The highest BCUT2D eigenvalue weighted by Crippen LogP contribution is 2.47. The molecule has 2 heterocycles. The third kappa shape index (κ3) is 3.73. The van der Waals surface area contributed by atoms with Crippen molar-refractivity contribution in [2.24, 2.45) is 5.84 Å². The van der Waals surface area contributed by atoms with E-state index >= 15 is 0 Å². The molecule has 5 rings (SSSR count). The Bertz CT molecular complexity index is 1070. The van der Waals surface area contributed by atoms with Crippen LogP contribution in [0.5, 0.6) is 0 Å². The molecule has 31 heavy (non-hydrogen) atoms. The number of benzene rings is 2. The second kappa shape index (κ2) is 8.06. The van der Waals surface area contributed by atoms with Crippen molar-refractivity contribution in [3.8, 4) is 11.3 Å². The number of piperidine rings is 1. The van der Waals surface area contributed by atoms with Gasteiger partial charge in [0.25, 0.3) is 0 Å². The van der Waals surface area contributed by atoms with Gasteiger partial charge in [0.15, 0.2) is 0 Å². The van der Waals surface area contributed by atoms with Crippen LogP contribution in [0.2, 0.25) is 0 Å². The molecule has 0 atom stereocenters. The molecule has 1 aromatic heterocycles. The fourth-order valence-corrected chi connectivity index (χ4v) is 5.14. The first-order chi connectivity index (χ1) is 15.1. The molecule has 0 bridgehead atoms. The Balaban J connectivity index is 1.44. The molecular formula is C26H31N5. The summed E-state index contributed by atoms with van der Waals surface area (Å²) in [5.41, 5.74) is 7.63. The van der Waals surface area contributed by atoms with Crippen LogP contribution in [0.4, 0.5) is 5.95 Å². The van der Waals surface area contributed by atoms with E-state index in [1.54, 1.807) is 5.01 Å². The third-order valence-corrected chi connectivity index (χ3v) is 6.95. The maximum Gasteiger partial charge on any atom is 0.240 e. The largest absolute Gasteiger partial charge is 0.317 e. The zero-order valence-corrected chi connectivity index (χ0v) is 18.4. The second-order valence-electron chi connectivity index (χ2n) is 9.32. The lowest BCUT2D eigenvalue weighted by Gasteiger charge is -2.42. The number of hydrazine groups is 1. The van der Waals surface area contributed by atoms with Gasteiger partial charge in [0.2, 0.25) is 5.95 Å². The highest BCUT2D eigenvalue weighted by atomic mass is 15.5. The number of nitrogens with one attached hydrogen (secondary N) is 1. The van der Waals surface area contributed by atoms with Crippen molar-refractivity contribution in [3.63, 3.8) is 0 Å². The van der Waals surface area contributed by atoms with Crippen LogP contribution in [0.25, 0.3) is 11.3 Å². The topological polar surface area (TPSA) is 67.1 Å². The molecule has 3 N–H and O–H groups in total. The minimum absolute atomic E-state index is 0.195. The summed E-state index contributed by atoms with van der Waals surface area (Å²) in [4.78, 5) is 9.61. The van der Waals surface area contributed by atoms with Gasteiger partial charge in [0.1, 0.15) is 0 Å². The van der Waals surface area contributed by atoms with Crippen LogP contribution in [0, 0.1) is 0 Å². The number of hydrogen-bond donors (Lipinski definition) is 2. The Morgan fingerprint density at radius 3 is 2.55 bits per heavy atom. The van der Waals surface area contributed by atoms with E-state index in [9.17, 15) is 0 Å². The van der Waals surface area contributed by atoms with Gasteiger partial charge in [0, 0.05) is 17.2 Å². The average Bonchev–Trinajstić information content (AvgIpc) is 2.80. The standard InChI is InChI=1S/C26H31N5/c1-18(2)20-9-7-19(8-10-20)17-31(27)25-29-16-21-15-26(11-13-28-14-12-26)23-6-4-3-5-22(23)24(21)30-25/h3-10,16,18,28H,11-15,17,27H2,1-2H3. The molecule has 1 aliphatic carbocycles. The van der Waals surface area contributed by atoms with Crippen molar-refractivity contribution in [1.29, 1.82) is 0 Å². The van der Waals surface area contributed by atoms with Crippen LogP contribution in [-0.4, -0.2) is 23.1 Å². The van der Waals surface area contributed by atoms with Crippen LogP contribution >= 0.6 is 0 Å². The molecule has 3 aromatic rings. The van der Waals surface area contributed by atoms with Crippen LogP contribution in [0.1, 0.15) is 54.9 Å². The van der Waals surface area contributed by atoms with Gasteiger partial charge in [-0.05, 0) is 60.5 Å². The second-order valence-corrected chi connectivity index (χ2v) is 9.32. The number of fused-ring (bicyclic) bond motifs is 4. The normalized spacial score (nSPS) is 16.8. The van der Waals surface area contributed by atoms with Gasteiger partial charge in [-0.2, -0.15) is 0 Å². The molecule has 1 aliphatic heterocycles. The summed E-state index contributed by atoms with van der Waals surface area (Å²) in [6.07, 6.45) is 5.31. The van der Waals surface area contributed by atoms with Gasteiger partial charge in [-0.15, -0.1) is 0 Å². The predicted molar refractivity (Wildman–Crippen MR) is 126 cm³/mol. The van der Waals surface area contributed by atoms with Crippen molar-refractivity contribution < 1.29 is 0 Å². The SMILES string of the molecule is CC(C)c1ccc(CN(N)c2ncc3c(n2)-c2ccccc2C2(CCNCC2)C3)cc1. The van der Waals surface area contributed by atoms with Crippen molar-refractivity contribution >= 4 is 5.95 Å². The molecule has 0 unspecified atom stereocenters. The minimum atomic E-state index is 0.195. The maximum atomic E-state index is 6.41. The summed E-state index contributed by atoms with van der Waals surface area (Å²) < 4.78 is 0. The van der Waals surface area contributed by atoms with E-state index in [2.05, 4.69) is 72.7 Å². The van der Waals surface area contributed by atoms with E-state index in [-0.39, 0.29) is 5.41 Å². The van der Waals surface area contributed by atoms with E-state index in [4.69, 9.17) is 10.8 Å². The number of hydrogen-bond acceptors (Lipinski definition) is 5. The Morgan fingerprint density at radius 2 is 1.81 bits per heavy atom. The van der Waals surface area contributed by atoms with Gasteiger partial charge in [0.05, 0.1) is 12.2 Å². The average molecular weight is 414 g/mol. The van der Waals surface area contributed by atoms with Crippen LogP contribution in [-0.2, 0) is 18.4 Å². The number of aromatic nitrogens is 2. The number of nitrogens with zero attached hydrogens (tertiary/aromatic N) is 3. The van der Waals surface area contributed by atoms with Crippen molar-refractivity contribution in [2.45, 2.75) is 51.0 Å². The molecule has 1 fully saturated rings. The van der Waals surface area contributed by atoms with Crippen molar-refractivity contribution in [2.75, 3.05) is 18.1 Å². The fourth-order valence-electron chi connectivity index (χ4n) is 5.14. The van der Waals surface area contributed by atoms with E-state index in [1.807, 2.05) is 6.20 Å². The van der Waals surface area contributed by atoms with Gasteiger partial charge in [-0.3, -0.25) is 5.01 Å². The Labute approximate surface area is 184 Å². The molecule has 2 aromatic carbocycles. The molecule has 1 spiro atoms. The fraction of sp³-hybridized carbons (Fsp3) is 0.385. The third-order valence-electron chi connectivity index (χ3n) is 6.95. The van der Waals surface area contributed by atoms with Crippen molar-refractivity contribution in [1.82, 2.24) is 15.3 Å². The number of nitrogens with two attached hydrogens (primary N) is 1. The molecule has 0 saturated carbocycles. The van der Waals surface area contributed by atoms with E-state index in [1.165, 1.54) is 22.3 Å². The maximum absolute atomic E-state index is 6.41. The first kappa shape index (κ1) is 20.2. The quantitative estimate of drug-likeness (QED) is 0.492. The predicted octanol–water partition coefficient (Wildman–Crippen LogP) is 4.32. The monoisotopic (exact) mass is 413 g/mol. The highest BCUT2D eigenvalue weighted by molar-refractivity contribution is 5.72. The van der Waals surface area contributed by atoms with Crippen LogP contribution in [0.3, 0.4) is 0 Å². The first-order valence-electron chi connectivity index (χ1n) is 11.3. The molecule has 0 radical (unpaired) electrons. The molecule has 160 valence electrons. The van der Waals surface area contributed by atoms with Crippen LogP contribution in [0.15, 0.2) is 54.7 Å². The Hall–Kier alpha value is -2.76. The minimum Gasteiger partial charge on any atom is -0.317 e. The zero-order chi connectivity index (χ0) is 21.4. The Morgan fingerprint density at radius 1 is 1.06 bits per heavy atom. The van der Waals surface area contributed by atoms with Crippen LogP contribution < -0.4 is 16.2 Å². The number of anilines is 1. The van der Waals surface area contributed by atoms with Crippen molar-refractivity contribution in [3.05, 3.63) is 77.0 Å². The molecular weight excluding hydrogens is 382 g/mol. The highest BCUT2D eigenvalue weighted by Gasteiger charge is 2.40. The van der Waals surface area contributed by atoms with Gasteiger partial charge in [-0.1, -0.05) is 62.4 Å². The van der Waals surface area contributed by atoms with Gasteiger partial charge >= 0.3 is 0 Å². The van der Waals surface area contributed by atoms with E-state index < -0.39 is 0 Å². The molecule has 5 heteroatoms.